The smallest absolute Gasteiger partial charge is 0.256 e. The van der Waals surface area contributed by atoms with E-state index in [4.69, 9.17) is 4.42 Å². The summed E-state index contributed by atoms with van der Waals surface area (Å²) in [6.07, 6.45) is 4.91. The van der Waals surface area contributed by atoms with Crippen LogP contribution in [0.4, 0.5) is 4.39 Å². The first-order valence-corrected chi connectivity index (χ1v) is 9.19. The molecule has 1 aromatic heterocycles. The Kier molecular flexibility index (Phi) is 5.23. The first-order valence-electron chi connectivity index (χ1n) is 8.20. The summed E-state index contributed by atoms with van der Waals surface area (Å²) < 4.78 is 18.6. The highest BCUT2D eigenvalue weighted by atomic mass is 32.2. The largest absolute Gasteiger partial charge is 0.431 e. The maximum atomic E-state index is 13.0. The normalized spacial score (nSPS) is 21.0. The van der Waals surface area contributed by atoms with Gasteiger partial charge < -0.3 is 9.32 Å². The molecule has 0 saturated carbocycles. The van der Waals surface area contributed by atoms with Crippen LogP contribution in [0.5, 0.6) is 0 Å². The Labute approximate surface area is 145 Å². The monoisotopic (exact) mass is 348 g/mol. The van der Waals surface area contributed by atoms with Crippen LogP contribution in [0.15, 0.2) is 40.1 Å². The lowest BCUT2D eigenvalue weighted by molar-refractivity contribution is -0.134. The summed E-state index contributed by atoms with van der Waals surface area (Å²) in [5.74, 6) is 0.729. The predicted molar refractivity (Wildman–Crippen MR) is 92.2 cm³/mol. The summed E-state index contributed by atoms with van der Waals surface area (Å²) in [4.78, 5) is 18.7. The van der Waals surface area contributed by atoms with Crippen molar-refractivity contribution in [3.63, 3.8) is 0 Å². The number of nitrogens with zero attached hydrogens (tertiary/aromatic N) is 2. The number of aromatic nitrogens is 1. The van der Waals surface area contributed by atoms with Gasteiger partial charge in [0.15, 0.2) is 5.76 Å². The van der Waals surface area contributed by atoms with Gasteiger partial charge in [0.2, 0.25) is 5.91 Å². The van der Waals surface area contributed by atoms with E-state index in [0.717, 1.165) is 18.4 Å². The molecule has 1 aliphatic rings. The molecule has 24 heavy (non-hydrogen) atoms. The molecule has 2 atom stereocenters. The Morgan fingerprint density at radius 1 is 1.29 bits per heavy atom. The lowest BCUT2D eigenvalue weighted by Crippen LogP contribution is -2.48. The summed E-state index contributed by atoms with van der Waals surface area (Å²) in [6.45, 7) is 4.21. The standard InChI is InChI=1S/C18H21FN2O2S/c1-12-4-3-5-13(2)21(12)17(22)11-24-18-20-10-16(23-18)14-6-8-15(19)9-7-14/h6-10,12-13H,3-5,11H2,1-2H3/t12-,13-/m0/s1. The zero-order valence-corrected chi connectivity index (χ0v) is 14.7. The lowest BCUT2D eigenvalue weighted by Gasteiger charge is -2.39. The maximum Gasteiger partial charge on any atom is 0.256 e. The van der Waals surface area contributed by atoms with E-state index >= 15 is 0 Å². The first kappa shape index (κ1) is 17.0. The Hall–Kier alpha value is -1.82. The van der Waals surface area contributed by atoms with Gasteiger partial charge in [0.05, 0.1) is 11.9 Å². The van der Waals surface area contributed by atoms with Crippen LogP contribution >= 0.6 is 11.8 Å². The van der Waals surface area contributed by atoms with Gasteiger partial charge in [-0.2, -0.15) is 0 Å². The third kappa shape index (κ3) is 3.80. The van der Waals surface area contributed by atoms with Gasteiger partial charge >= 0.3 is 0 Å². The number of hydrogen-bond acceptors (Lipinski definition) is 4. The molecule has 0 aliphatic carbocycles. The molecule has 0 bridgehead atoms. The number of thioether (sulfide) groups is 1. The molecular formula is C18H21FN2O2S. The van der Waals surface area contributed by atoms with E-state index in [9.17, 15) is 9.18 Å². The van der Waals surface area contributed by atoms with Crippen LogP contribution in [0, 0.1) is 5.82 Å². The van der Waals surface area contributed by atoms with Gasteiger partial charge in [-0.05, 0) is 57.4 Å². The maximum absolute atomic E-state index is 13.0. The predicted octanol–water partition coefficient (Wildman–Crippen LogP) is 4.36. The zero-order valence-electron chi connectivity index (χ0n) is 13.9. The third-order valence-electron chi connectivity index (χ3n) is 4.41. The van der Waals surface area contributed by atoms with Crippen molar-refractivity contribution in [2.75, 3.05) is 5.75 Å². The fourth-order valence-electron chi connectivity index (χ4n) is 3.18. The van der Waals surface area contributed by atoms with Crippen molar-refractivity contribution < 1.29 is 13.6 Å². The lowest BCUT2D eigenvalue weighted by atomic mass is 9.98. The van der Waals surface area contributed by atoms with Crippen LogP contribution in [-0.4, -0.2) is 33.6 Å². The third-order valence-corrected chi connectivity index (χ3v) is 5.24. The van der Waals surface area contributed by atoms with Gasteiger partial charge in [-0.1, -0.05) is 11.8 Å². The average molecular weight is 348 g/mol. The number of rotatable bonds is 4. The average Bonchev–Trinajstić information content (AvgIpc) is 3.02. The molecule has 1 aromatic carbocycles. The molecule has 0 spiro atoms. The fourth-order valence-corrected chi connectivity index (χ4v) is 3.86. The highest BCUT2D eigenvalue weighted by Crippen LogP contribution is 2.28. The van der Waals surface area contributed by atoms with Crippen LogP contribution in [0.1, 0.15) is 33.1 Å². The molecule has 1 aliphatic heterocycles. The number of likely N-dealkylation sites (tertiary alicyclic amines) is 1. The van der Waals surface area contributed by atoms with Gasteiger partial charge in [0, 0.05) is 17.6 Å². The van der Waals surface area contributed by atoms with Crippen molar-refractivity contribution in [2.24, 2.45) is 0 Å². The number of piperidine rings is 1. The van der Waals surface area contributed by atoms with Crippen molar-refractivity contribution in [1.29, 1.82) is 0 Å². The van der Waals surface area contributed by atoms with Crippen LogP contribution < -0.4 is 0 Å². The Balaban J connectivity index is 1.61. The molecule has 1 amide bonds. The molecule has 4 nitrogen and oxygen atoms in total. The molecule has 3 rings (SSSR count). The number of halogens is 1. The number of benzene rings is 1. The summed E-state index contributed by atoms with van der Waals surface area (Å²) in [5.41, 5.74) is 0.764. The Morgan fingerprint density at radius 2 is 1.96 bits per heavy atom. The first-order chi connectivity index (χ1) is 11.5. The Morgan fingerprint density at radius 3 is 2.62 bits per heavy atom. The van der Waals surface area contributed by atoms with Crippen molar-refractivity contribution in [3.8, 4) is 11.3 Å². The highest BCUT2D eigenvalue weighted by Gasteiger charge is 2.28. The van der Waals surface area contributed by atoms with Crippen molar-refractivity contribution in [2.45, 2.75) is 50.4 Å². The van der Waals surface area contributed by atoms with Crippen LogP contribution in [0.25, 0.3) is 11.3 Å². The van der Waals surface area contributed by atoms with Crippen molar-refractivity contribution in [3.05, 3.63) is 36.3 Å². The van der Waals surface area contributed by atoms with E-state index in [1.807, 2.05) is 4.90 Å². The van der Waals surface area contributed by atoms with Crippen LogP contribution in [-0.2, 0) is 4.79 Å². The van der Waals surface area contributed by atoms with Gasteiger partial charge in [-0.25, -0.2) is 9.37 Å². The summed E-state index contributed by atoms with van der Waals surface area (Å²) in [5, 5.41) is 0.458. The van der Waals surface area contributed by atoms with E-state index in [1.54, 1.807) is 18.3 Å². The minimum atomic E-state index is -0.289. The second-order valence-corrected chi connectivity index (χ2v) is 7.14. The second-order valence-electron chi connectivity index (χ2n) is 6.22. The summed E-state index contributed by atoms with van der Waals surface area (Å²) in [7, 11) is 0. The molecule has 0 radical (unpaired) electrons. The number of carbonyl (C=O) groups is 1. The highest BCUT2D eigenvalue weighted by molar-refractivity contribution is 7.99. The SMILES string of the molecule is C[C@H]1CCC[C@H](C)N1C(=O)CSc1ncc(-c2ccc(F)cc2)o1. The molecule has 0 unspecified atom stereocenters. The number of carbonyl (C=O) groups excluding carboxylic acids is 1. The van der Waals surface area contributed by atoms with Gasteiger partial charge in [-0.15, -0.1) is 0 Å². The molecular weight excluding hydrogens is 327 g/mol. The molecule has 1 fully saturated rings. The zero-order chi connectivity index (χ0) is 17.1. The fraction of sp³-hybridized carbons (Fsp3) is 0.444. The van der Waals surface area contributed by atoms with E-state index in [1.165, 1.54) is 30.3 Å². The van der Waals surface area contributed by atoms with Crippen molar-refractivity contribution >= 4 is 17.7 Å². The van der Waals surface area contributed by atoms with E-state index < -0.39 is 0 Å². The second kappa shape index (κ2) is 7.38. The number of hydrogen-bond donors (Lipinski definition) is 0. The number of amides is 1. The topological polar surface area (TPSA) is 46.3 Å². The van der Waals surface area contributed by atoms with Gasteiger partial charge in [0.1, 0.15) is 5.82 Å². The molecule has 1 saturated heterocycles. The van der Waals surface area contributed by atoms with E-state index in [2.05, 4.69) is 18.8 Å². The quantitative estimate of drug-likeness (QED) is 0.770. The van der Waals surface area contributed by atoms with Crippen LogP contribution in [0.2, 0.25) is 0 Å². The summed E-state index contributed by atoms with van der Waals surface area (Å²) in [6, 6.07) is 6.64. The van der Waals surface area contributed by atoms with E-state index in [-0.39, 0.29) is 11.7 Å². The van der Waals surface area contributed by atoms with Crippen LogP contribution in [0.3, 0.4) is 0 Å². The molecule has 6 heteroatoms. The Bertz CT molecular complexity index is 691. The molecule has 0 N–H and O–H groups in total. The minimum Gasteiger partial charge on any atom is -0.431 e. The van der Waals surface area contributed by atoms with Crippen molar-refractivity contribution in [1.82, 2.24) is 9.88 Å². The van der Waals surface area contributed by atoms with Gasteiger partial charge in [-0.3, -0.25) is 4.79 Å². The van der Waals surface area contributed by atoms with E-state index in [0.29, 0.717) is 28.8 Å². The molecule has 2 heterocycles. The minimum absolute atomic E-state index is 0.126. The van der Waals surface area contributed by atoms with Gasteiger partial charge in [0.25, 0.3) is 5.22 Å². The molecule has 2 aromatic rings. The summed E-state index contributed by atoms with van der Waals surface area (Å²) >= 11 is 1.30. The number of oxazole rings is 1. The molecule has 128 valence electrons.